The van der Waals surface area contributed by atoms with Gasteiger partial charge in [-0.15, -0.1) is 0 Å². The van der Waals surface area contributed by atoms with Crippen molar-refractivity contribution in [3.63, 3.8) is 0 Å². The molecule has 0 bridgehead atoms. The minimum Gasteiger partial charge on any atom is -0.477 e. The number of carboxylic acids is 1. The van der Waals surface area contributed by atoms with E-state index in [4.69, 9.17) is 0 Å². The van der Waals surface area contributed by atoms with Crippen LogP contribution in [0.2, 0.25) is 0 Å². The molecule has 4 nitrogen and oxygen atoms in total. The van der Waals surface area contributed by atoms with Gasteiger partial charge < -0.3 is 9.67 Å². The fourth-order valence-corrected chi connectivity index (χ4v) is 2.64. The van der Waals surface area contributed by atoms with Gasteiger partial charge in [-0.05, 0) is 35.6 Å². The molecule has 0 saturated carbocycles. The summed E-state index contributed by atoms with van der Waals surface area (Å²) in [6, 6.07) is 5.87. The van der Waals surface area contributed by atoms with E-state index in [-0.39, 0.29) is 11.5 Å². The quantitative estimate of drug-likeness (QED) is 0.935. The number of pyridine rings is 1. The van der Waals surface area contributed by atoms with Crippen LogP contribution in [0, 0.1) is 0 Å². The van der Waals surface area contributed by atoms with Crippen molar-refractivity contribution in [3.05, 3.63) is 45.2 Å². The number of nitrogens with zero attached hydrogens (tertiary/aromatic N) is 1. The second-order valence-electron chi connectivity index (χ2n) is 5.32. The van der Waals surface area contributed by atoms with Crippen LogP contribution in [0.15, 0.2) is 23.0 Å². The largest absolute Gasteiger partial charge is 0.477 e. The molecule has 0 saturated heterocycles. The molecular weight excluding hydrogens is 254 g/mol. The number of benzene rings is 1. The van der Waals surface area contributed by atoms with E-state index < -0.39 is 11.5 Å². The minimum atomic E-state index is -1.15. The van der Waals surface area contributed by atoms with Crippen molar-refractivity contribution in [3.8, 4) is 0 Å². The number of hydrogen-bond acceptors (Lipinski definition) is 2. The van der Waals surface area contributed by atoms with E-state index in [9.17, 15) is 14.7 Å². The highest BCUT2D eigenvalue weighted by Crippen LogP contribution is 2.28. The van der Waals surface area contributed by atoms with Crippen molar-refractivity contribution in [1.29, 1.82) is 0 Å². The van der Waals surface area contributed by atoms with Gasteiger partial charge in [0, 0.05) is 12.4 Å². The number of hydrogen-bond donors (Lipinski definition) is 1. The maximum absolute atomic E-state index is 12.3. The zero-order chi connectivity index (χ0) is 15.0. The standard InChI is InChI=1S/C16H19NO3/c1-5-10-6-7-12-11(8-10)13(9(2)3)14(16(19)20)15(18)17(12)4/h6-9H,5H2,1-4H3,(H,19,20). The average Bonchev–Trinajstić information content (AvgIpc) is 2.40. The Morgan fingerprint density at radius 1 is 1.35 bits per heavy atom. The van der Waals surface area contributed by atoms with Crippen LogP contribution in [0.3, 0.4) is 0 Å². The summed E-state index contributed by atoms with van der Waals surface area (Å²) >= 11 is 0. The monoisotopic (exact) mass is 273 g/mol. The van der Waals surface area contributed by atoms with Crippen molar-refractivity contribution in [2.24, 2.45) is 7.05 Å². The lowest BCUT2D eigenvalue weighted by Gasteiger charge is -2.17. The van der Waals surface area contributed by atoms with Crippen LogP contribution in [0.1, 0.15) is 48.2 Å². The predicted molar refractivity (Wildman–Crippen MR) is 79.6 cm³/mol. The fraction of sp³-hybridized carbons (Fsp3) is 0.375. The lowest BCUT2D eigenvalue weighted by Crippen LogP contribution is -2.27. The molecular formula is C16H19NO3. The highest BCUT2D eigenvalue weighted by Gasteiger charge is 2.22. The van der Waals surface area contributed by atoms with Gasteiger partial charge in [0.2, 0.25) is 0 Å². The summed E-state index contributed by atoms with van der Waals surface area (Å²) in [5, 5.41) is 10.3. The van der Waals surface area contributed by atoms with Gasteiger partial charge in [-0.25, -0.2) is 4.79 Å². The van der Waals surface area contributed by atoms with E-state index in [0.29, 0.717) is 5.56 Å². The van der Waals surface area contributed by atoms with Gasteiger partial charge in [-0.1, -0.05) is 26.8 Å². The summed E-state index contributed by atoms with van der Waals surface area (Å²) in [7, 11) is 1.62. The first-order chi connectivity index (χ1) is 9.38. The third kappa shape index (κ3) is 2.11. The van der Waals surface area contributed by atoms with Gasteiger partial charge in [0.15, 0.2) is 0 Å². The lowest BCUT2D eigenvalue weighted by atomic mass is 9.92. The Kier molecular flexibility index (Phi) is 3.66. The molecule has 0 fully saturated rings. The second kappa shape index (κ2) is 5.12. The highest BCUT2D eigenvalue weighted by atomic mass is 16.4. The molecule has 20 heavy (non-hydrogen) atoms. The molecule has 1 aromatic heterocycles. The molecule has 0 radical (unpaired) electrons. The molecule has 0 amide bonds. The third-order valence-electron chi connectivity index (χ3n) is 3.70. The molecule has 0 spiro atoms. The second-order valence-corrected chi connectivity index (χ2v) is 5.32. The molecule has 2 rings (SSSR count). The van der Waals surface area contributed by atoms with Crippen molar-refractivity contribution < 1.29 is 9.90 Å². The highest BCUT2D eigenvalue weighted by molar-refractivity contribution is 5.96. The van der Waals surface area contributed by atoms with Crippen LogP contribution < -0.4 is 5.56 Å². The van der Waals surface area contributed by atoms with Crippen LogP contribution in [-0.4, -0.2) is 15.6 Å². The van der Waals surface area contributed by atoms with Crippen molar-refractivity contribution in [2.45, 2.75) is 33.1 Å². The van der Waals surface area contributed by atoms with E-state index in [1.807, 2.05) is 32.0 Å². The molecule has 106 valence electrons. The molecule has 0 unspecified atom stereocenters. The number of carbonyl (C=O) groups is 1. The zero-order valence-corrected chi connectivity index (χ0v) is 12.2. The molecule has 1 aromatic carbocycles. The van der Waals surface area contributed by atoms with Gasteiger partial charge >= 0.3 is 5.97 Å². The molecule has 0 atom stereocenters. The van der Waals surface area contributed by atoms with Crippen molar-refractivity contribution in [1.82, 2.24) is 4.57 Å². The average molecular weight is 273 g/mol. The maximum Gasteiger partial charge on any atom is 0.341 e. The maximum atomic E-state index is 12.3. The van der Waals surface area contributed by atoms with Crippen LogP contribution >= 0.6 is 0 Å². The predicted octanol–water partition coefficient (Wildman–Crippen LogP) is 2.92. The molecule has 0 aliphatic rings. The zero-order valence-electron chi connectivity index (χ0n) is 12.2. The molecule has 0 aliphatic carbocycles. The number of rotatable bonds is 3. The Bertz CT molecular complexity index is 741. The van der Waals surface area contributed by atoms with Crippen LogP contribution in [0.4, 0.5) is 0 Å². The van der Waals surface area contributed by atoms with E-state index in [0.717, 1.165) is 22.9 Å². The van der Waals surface area contributed by atoms with E-state index in [1.54, 1.807) is 7.05 Å². The first-order valence-corrected chi connectivity index (χ1v) is 6.77. The number of aromatic nitrogens is 1. The number of aryl methyl sites for hydroxylation is 2. The molecule has 1 heterocycles. The summed E-state index contributed by atoms with van der Waals surface area (Å²) in [6.07, 6.45) is 0.874. The van der Waals surface area contributed by atoms with Crippen molar-refractivity contribution in [2.75, 3.05) is 0 Å². The Hall–Kier alpha value is -2.10. The molecule has 1 N–H and O–H groups in total. The summed E-state index contributed by atoms with van der Waals surface area (Å²) in [5.74, 6) is -1.18. The fourth-order valence-electron chi connectivity index (χ4n) is 2.64. The van der Waals surface area contributed by atoms with E-state index in [2.05, 4.69) is 6.92 Å². The third-order valence-corrected chi connectivity index (χ3v) is 3.70. The first kappa shape index (κ1) is 14.3. The summed E-state index contributed by atoms with van der Waals surface area (Å²) < 4.78 is 1.42. The number of fused-ring (bicyclic) bond motifs is 1. The SMILES string of the molecule is CCc1ccc2c(c1)c(C(C)C)c(C(=O)O)c(=O)n2C. The number of carboxylic acid groups (broad SMARTS) is 1. The summed E-state index contributed by atoms with van der Waals surface area (Å²) in [5.41, 5.74) is 1.99. The lowest BCUT2D eigenvalue weighted by molar-refractivity contribution is 0.0693. The summed E-state index contributed by atoms with van der Waals surface area (Å²) in [4.78, 5) is 23.8. The van der Waals surface area contributed by atoms with Crippen LogP contribution in [0.5, 0.6) is 0 Å². The van der Waals surface area contributed by atoms with Gasteiger partial charge in [0.1, 0.15) is 5.56 Å². The minimum absolute atomic E-state index is 0.0235. The Morgan fingerprint density at radius 3 is 2.50 bits per heavy atom. The molecule has 0 aliphatic heterocycles. The number of aromatic carboxylic acids is 1. The first-order valence-electron chi connectivity index (χ1n) is 6.77. The smallest absolute Gasteiger partial charge is 0.341 e. The Labute approximate surface area is 117 Å². The van der Waals surface area contributed by atoms with E-state index >= 15 is 0 Å². The van der Waals surface area contributed by atoms with Gasteiger partial charge in [0.05, 0.1) is 5.52 Å². The summed E-state index contributed by atoms with van der Waals surface area (Å²) in [6.45, 7) is 5.88. The Morgan fingerprint density at radius 2 is 2.00 bits per heavy atom. The molecule has 2 aromatic rings. The van der Waals surface area contributed by atoms with Crippen LogP contribution in [-0.2, 0) is 13.5 Å². The van der Waals surface area contributed by atoms with Gasteiger partial charge in [0.25, 0.3) is 5.56 Å². The topological polar surface area (TPSA) is 59.3 Å². The Balaban J connectivity index is 3.05. The van der Waals surface area contributed by atoms with E-state index in [1.165, 1.54) is 4.57 Å². The van der Waals surface area contributed by atoms with Gasteiger partial charge in [-0.3, -0.25) is 4.79 Å². The van der Waals surface area contributed by atoms with Crippen molar-refractivity contribution >= 4 is 16.9 Å². The normalized spacial score (nSPS) is 11.2. The van der Waals surface area contributed by atoms with Crippen LogP contribution in [0.25, 0.3) is 10.9 Å². The van der Waals surface area contributed by atoms with Gasteiger partial charge in [-0.2, -0.15) is 0 Å². The molecule has 4 heteroatoms.